The van der Waals surface area contributed by atoms with Gasteiger partial charge < -0.3 is 10.2 Å². The third-order valence-corrected chi connectivity index (χ3v) is 3.02. The zero-order valence-corrected chi connectivity index (χ0v) is 11.5. The third-order valence-electron chi connectivity index (χ3n) is 3.02. The first-order valence-corrected chi connectivity index (χ1v) is 6.51. The number of aromatic nitrogens is 2. The zero-order valence-electron chi connectivity index (χ0n) is 11.5. The van der Waals surface area contributed by atoms with Gasteiger partial charge in [0.25, 0.3) is 5.56 Å². The van der Waals surface area contributed by atoms with E-state index in [0.717, 1.165) is 25.2 Å². The lowest BCUT2D eigenvalue weighted by Crippen LogP contribution is -2.24. The predicted octanol–water partition coefficient (Wildman–Crippen LogP) is 0.736. The van der Waals surface area contributed by atoms with E-state index in [1.807, 2.05) is 32.3 Å². The van der Waals surface area contributed by atoms with Gasteiger partial charge >= 0.3 is 0 Å². The SMILES string of the molecule is CNCCCN(C)Cc1cc(=O)n2ccccc2n1. The van der Waals surface area contributed by atoms with E-state index in [9.17, 15) is 4.79 Å². The van der Waals surface area contributed by atoms with Gasteiger partial charge in [-0.05, 0) is 45.7 Å². The summed E-state index contributed by atoms with van der Waals surface area (Å²) in [5.74, 6) is 0. The topological polar surface area (TPSA) is 49.6 Å². The smallest absolute Gasteiger partial charge is 0.258 e. The summed E-state index contributed by atoms with van der Waals surface area (Å²) in [4.78, 5) is 18.6. The van der Waals surface area contributed by atoms with E-state index < -0.39 is 0 Å². The van der Waals surface area contributed by atoms with E-state index in [4.69, 9.17) is 0 Å². The minimum absolute atomic E-state index is 0.0239. The molecule has 5 nitrogen and oxygen atoms in total. The molecule has 0 fully saturated rings. The van der Waals surface area contributed by atoms with Gasteiger partial charge in [-0.1, -0.05) is 6.07 Å². The van der Waals surface area contributed by atoms with Crippen LogP contribution >= 0.6 is 0 Å². The van der Waals surface area contributed by atoms with Crippen LogP contribution in [0.15, 0.2) is 35.3 Å². The van der Waals surface area contributed by atoms with Crippen molar-refractivity contribution in [2.75, 3.05) is 27.2 Å². The maximum atomic E-state index is 11.9. The molecule has 2 heterocycles. The number of nitrogens with zero attached hydrogens (tertiary/aromatic N) is 3. The summed E-state index contributed by atoms with van der Waals surface area (Å²) in [6.45, 7) is 2.68. The van der Waals surface area contributed by atoms with Gasteiger partial charge in [-0.25, -0.2) is 4.98 Å². The second-order valence-electron chi connectivity index (χ2n) is 4.71. The lowest BCUT2D eigenvalue weighted by atomic mass is 10.3. The molecule has 102 valence electrons. The molecule has 0 aliphatic rings. The standard InChI is InChI=1S/C14H20N4O/c1-15-7-5-8-17(2)11-12-10-14(19)18-9-4-3-6-13(18)16-12/h3-4,6,9-10,15H,5,7-8,11H2,1-2H3. The van der Waals surface area contributed by atoms with Crippen molar-refractivity contribution in [3.05, 3.63) is 46.5 Å². The van der Waals surface area contributed by atoms with Gasteiger partial charge in [0, 0.05) is 18.8 Å². The average Bonchev–Trinajstić information content (AvgIpc) is 2.39. The van der Waals surface area contributed by atoms with Gasteiger partial charge in [0.1, 0.15) is 5.65 Å². The van der Waals surface area contributed by atoms with Gasteiger partial charge in [0.05, 0.1) is 5.69 Å². The van der Waals surface area contributed by atoms with Crippen LogP contribution in [0.2, 0.25) is 0 Å². The van der Waals surface area contributed by atoms with E-state index in [2.05, 4.69) is 15.2 Å². The average molecular weight is 260 g/mol. The van der Waals surface area contributed by atoms with Gasteiger partial charge in [-0.15, -0.1) is 0 Å². The second kappa shape index (κ2) is 6.45. The molecule has 0 saturated heterocycles. The summed E-state index contributed by atoms with van der Waals surface area (Å²) in [6, 6.07) is 7.19. The molecule has 0 bridgehead atoms. The van der Waals surface area contributed by atoms with Gasteiger partial charge in [0.2, 0.25) is 0 Å². The minimum Gasteiger partial charge on any atom is -0.320 e. The van der Waals surface area contributed by atoms with E-state index in [-0.39, 0.29) is 5.56 Å². The normalized spacial score (nSPS) is 11.3. The second-order valence-corrected chi connectivity index (χ2v) is 4.71. The number of rotatable bonds is 6. The van der Waals surface area contributed by atoms with Crippen molar-refractivity contribution in [3.8, 4) is 0 Å². The molecule has 2 aromatic heterocycles. The predicted molar refractivity (Wildman–Crippen MR) is 76.3 cm³/mol. The maximum absolute atomic E-state index is 11.9. The van der Waals surface area contributed by atoms with Crippen LogP contribution in [0, 0.1) is 0 Å². The van der Waals surface area contributed by atoms with Crippen LogP contribution < -0.4 is 10.9 Å². The lowest BCUT2D eigenvalue weighted by molar-refractivity contribution is 0.317. The minimum atomic E-state index is -0.0239. The van der Waals surface area contributed by atoms with Crippen molar-refractivity contribution in [2.24, 2.45) is 0 Å². The summed E-state index contributed by atoms with van der Waals surface area (Å²) in [5, 5.41) is 3.12. The Morgan fingerprint density at radius 3 is 3.05 bits per heavy atom. The van der Waals surface area contributed by atoms with Crippen molar-refractivity contribution in [1.29, 1.82) is 0 Å². The molecule has 0 spiro atoms. The van der Waals surface area contributed by atoms with E-state index in [0.29, 0.717) is 12.2 Å². The Hall–Kier alpha value is -1.72. The Labute approximate surface area is 112 Å². The van der Waals surface area contributed by atoms with Gasteiger partial charge in [-0.3, -0.25) is 9.20 Å². The Morgan fingerprint density at radius 1 is 1.42 bits per heavy atom. The highest BCUT2D eigenvalue weighted by molar-refractivity contribution is 5.37. The first-order chi connectivity index (χ1) is 9.20. The summed E-state index contributed by atoms with van der Waals surface area (Å²) in [6.07, 6.45) is 2.82. The van der Waals surface area contributed by atoms with Crippen LogP contribution in [-0.4, -0.2) is 41.5 Å². The summed E-state index contributed by atoms with van der Waals surface area (Å²) < 4.78 is 1.56. The Morgan fingerprint density at radius 2 is 2.26 bits per heavy atom. The van der Waals surface area contributed by atoms with Crippen LogP contribution in [-0.2, 0) is 6.54 Å². The van der Waals surface area contributed by atoms with Gasteiger partial charge in [0.15, 0.2) is 0 Å². The Bertz CT molecular complexity index is 593. The van der Waals surface area contributed by atoms with Crippen LogP contribution in [0.3, 0.4) is 0 Å². The number of nitrogens with one attached hydrogen (secondary N) is 1. The third kappa shape index (κ3) is 3.62. The van der Waals surface area contributed by atoms with Crippen molar-refractivity contribution in [2.45, 2.75) is 13.0 Å². The molecule has 2 aromatic rings. The Balaban J connectivity index is 2.11. The fourth-order valence-electron chi connectivity index (χ4n) is 2.07. The molecule has 0 saturated carbocycles. The zero-order chi connectivity index (χ0) is 13.7. The van der Waals surface area contributed by atoms with Crippen molar-refractivity contribution < 1.29 is 0 Å². The molecular weight excluding hydrogens is 240 g/mol. The summed E-state index contributed by atoms with van der Waals surface area (Å²) in [5.41, 5.74) is 1.50. The molecule has 0 aliphatic heterocycles. The molecule has 19 heavy (non-hydrogen) atoms. The van der Waals surface area contributed by atoms with E-state index >= 15 is 0 Å². The van der Waals surface area contributed by atoms with Crippen LogP contribution in [0.4, 0.5) is 0 Å². The monoisotopic (exact) mass is 260 g/mol. The van der Waals surface area contributed by atoms with Gasteiger partial charge in [-0.2, -0.15) is 0 Å². The molecule has 1 N–H and O–H groups in total. The molecule has 0 unspecified atom stereocenters. The molecule has 0 amide bonds. The number of hydrogen-bond acceptors (Lipinski definition) is 4. The highest BCUT2D eigenvalue weighted by Crippen LogP contribution is 2.01. The van der Waals surface area contributed by atoms with Crippen molar-refractivity contribution in [3.63, 3.8) is 0 Å². The highest BCUT2D eigenvalue weighted by Gasteiger charge is 2.04. The molecular formula is C14H20N4O. The molecule has 0 aliphatic carbocycles. The van der Waals surface area contributed by atoms with E-state index in [1.165, 1.54) is 0 Å². The van der Waals surface area contributed by atoms with Crippen molar-refractivity contribution in [1.82, 2.24) is 19.6 Å². The number of pyridine rings is 1. The lowest BCUT2D eigenvalue weighted by Gasteiger charge is -2.16. The number of hydrogen-bond donors (Lipinski definition) is 1. The molecule has 5 heteroatoms. The van der Waals surface area contributed by atoms with Crippen LogP contribution in [0.25, 0.3) is 5.65 Å². The summed E-state index contributed by atoms with van der Waals surface area (Å²) >= 11 is 0. The van der Waals surface area contributed by atoms with Crippen LogP contribution in [0.5, 0.6) is 0 Å². The first-order valence-electron chi connectivity index (χ1n) is 6.51. The van der Waals surface area contributed by atoms with Crippen LogP contribution in [0.1, 0.15) is 12.1 Å². The molecule has 2 rings (SSSR count). The molecule has 0 radical (unpaired) electrons. The fraction of sp³-hybridized carbons (Fsp3) is 0.429. The molecule has 0 atom stereocenters. The van der Waals surface area contributed by atoms with E-state index in [1.54, 1.807) is 16.7 Å². The van der Waals surface area contributed by atoms with Crippen molar-refractivity contribution >= 4 is 5.65 Å². The number of fused-ring (bicyclic) bond motifs is 1. The summed E-state index contributed by atoms with van der Waals surface area (Å²) in [7, 11) is 4.00. The fourth-order valence-corrected chi connectivity index (χ4v) is 2.07. The largest absolute Gasteiger partial charge is 0.320 e. The molecule has 0 aromatic carbocycles. The Kier molecular flexibility index (Phi) is 4.65. The highest BCUT2D eigenvalue weighted by atomic mass is 16.1. The maximum Gasteiger partial charge on any atom is 0.258 e. The quantitative estimate of drug-likeness (QED) is 0.778. The first kappa shape index (κ1) is 13.7.